The van der Waals surface area contributed by atoms with Crippen LogP contribution in [-0.2, 0) is 9.59 Å². The Kier molecular flexibility index (Phi) is 3.74. The maximum Gasteiger partial charge on any atom is 0.305 e. The molecule has 0 saturated carbocycles. The number of carboxylic acids is 1. The van der Waals surface area contributed by atoms with Gasteiger partial charge in [0.15, 0.2) is 0 Å². The van der Waals surface area contributed by atoms with Crippen LogP contribution in [0.3, 0.4) is 0 Å². The van der Waals surface area contributed by atoms with E-state index < -0.39 is 5.97 Å². The smallest absolute Gasteiger partial charge is 0.305 e. The zero-order valence-electron chi connectivity index (χ0n) is 11.1. The average Bonchev–Trinajstić information content (AvgIpc) is 2.26. The first-order chi connectivity index (χ1) is 8.97. The molecule has 5 heteroatoms. The molecule has 2 N–H and O–H groups in total. The Hall–Kier alpha value is -2.04. The first-order valence-corrected chi connectivity index (χ1v) is 6.29. The van der Waals surface area contributed by atoms with Gasteiger partial charge < -0.3 is 15.3 Å². The normalized spacial score (nSPS) is 19.2. The van der Waals surface area contributed by atoms with Gasteiger partial charge in [0.25, 0.3) is 0 Å². The number of nitrogens with one attached hydrogen (secondary N) is 1. The van der Waals surface area contributed by atoms with Gasteiger partial charge >= 0.3 is 5.97 Å². The van der Waals surface area contributed by atoms with Crippen molar-refractivity contribution in [2.45, 2.75) is 26.3 Å². The number of anilines is 1. The Morgan fingerprint density at radius 2 is 2.05 bits per heavy atom. The summed E-state index contributed by atoms with van der Waals surface area (Å²) in [5.74, 6) is -1.02. The maximum atomic E-state index is 11.7. The molecule has 5 nitrogen and oxygen atoms in total. The number of amides is 1. The van der Waals surface area contributed by atoms with Crippen molar-refractivity contribution in [1.82, 2.24) is 5.32 Å². The van der Waals surface area contributed by atoms with Crippen LogP contribution >= 0.6 is 0 Å². The van der Waals surface area contributed by atoms with E-state index in [0.717, 1.165) is 16.8 Å². The molecule has 1 saturated heterocycles. The summed E-state index contributed by atoms with van der Waals surface area (Å²) in [7, 11) is 0. The molecule has 2 rings (SSSR count). The van der Waals surface area contributed by atoms with E-state index in [-0.39, 0.29) is 24.9 Å². The number of carboxylic acid groups (broad SMARTS) is 1. The van der Waals surface area contributed by atoms with Crippen molar-refractivity contribution in [1.29, 1.82) is 0 Å². The second-order valence-corrected chi connectivity index (χ2v) is 4.98. The van der Waals surface area contributed by atoms with E-state index in [0.29, 0.717) is 6.54 Å². The molecule has 0 spiro atoms. The highest BCUT2D eigenvalue weighted by molar-refractivity contribution is 5.84. The van der Waals surface area contributed by atoms with Gasteiger partial charge in [0.2, 0.25) is 5.91 Å². The number of aliphatic carboxylic acids is 1. The molecule has 19 heavy (non-hydrogen) atoms. The summed E-state index contributed by atoms with van der Waals surface area (Å²) in [6.07, 6.45) is -0.0484. The molecule has 1 atom stereocenters. The van der Waals surface area contributed by atoms with Crippen LogP contribution in [0.2, 0.25) is 0 Å². The topological polar surface area (TPSA) is 69.6 Å². The molecule has 1 fully saturated rings. The number of rotatable bonds is 3. The fourth-order valence-electron chi connectivity index (χ4n) is 2.62. The number of aryl methyl sites for hydroxylation is 2. The predicted octanol–water partition coefficient (Wildman–Crippen LogP) is 1.08. The van der Waals surface area contributed by atoms with E-state index >= 15 is 0 Å². The third kappa shape index (κ3) is 3.05. The van der Waals surface area contributed by atoms with Crippen molar-refractivity contribution in [3.63, 3.8) is 0 Å². The molecule has 0 bridgehead atoms. The highest BCUT2D eigenvalue weighted by Gasteiger charge is 2.27. The number of carbonyl (C=O) groups is 2. The number of benzene rings is 1. The quantitative estimate of drug-likeness (QED) is 0.855. The molecule has 0 radical (unpaired) electrons. The van der Waals surface area contributed by atoms with Crippen molar-refractivity contribution >= 4 is 17.6 Å². The Labute approximate surface area is 112 Å². The van der Waals surface area contributed by atoms with E-state index in [2.05, 4.69) is 5.32 Å². The van der Waals surface area contributed by atoms with Crippen LogP contribution in [0, 0.1) is 13.8 Å². The molecule has 0 aromatic heterocycles. The lowest BCUT2D eigenvalue weighted by Gasteiger charge is -2.35. The van der Waals surface area contributed by atoms with Crippen molar-refractivity contribution in [3.05, 3.63) is 29.3 Å². The summed E-state index contributed by atoms with van der Waals surface area (Å²) in [5.41, 5.74) is 3.24. The predicted molar refractivity (Wildman–Crippen MR) is 72.3 cm³/mol. The zero-order valence-corrected chi connectivity index (χ0v) is 11.1. The minimum atomic E-state index is -0.895. The van der Waals surface area contributed by atoms with Crippen LogP contribution < -0.4 is 10.2 Å². The Balaban J connectivity index is 2.24. The van der Waals surface area contributed by atoms with Gasteiger partial charge in [-0.3, -0.25) is 9.59 Å². The summed E-state index contributed by atoms with van der Waals surface area (Å²) in [4.78, 5) is 24.5. The molecule has 102 valence electrons. The van der Waals surface area contributed by atoms with E-state index in [9.17, 15) is 9.59 Å². The number of carbonyl (C=O) groups excluding carboxylic acids is 1. The minimum Gasteiger partial charge on any atom is -0.481 e. The lowest BCUT2D eigenvalue weighted by atomic mass is 10.0. The molecule has 1 aliphatic rings. The van der Waals surface area contributed by atoms with Crippen LogP contribution in [0.4, 0.5) is 5.69 Å². The van der Waals surface area contributed by atoms with Gasteiger partial charge in [-0.2, -0.15) is 0 Å². The van der Waals surface area contributed by atoms with Gasteiger partial charge in [-0.15, -0.1) is 0 Å². The average molecular weight is 262 g/mol. The maximum absolute atomic E-state index is 11.7. The molecule has 1 aromatic rings. The van der Waals surface area contributed by atoms with Gasteiger partial charge in [0.05, 0.1) is 19.0 Å². The summed E-state index contributed by atoms with van der Waals surface area (Å²) >= 11 is 0. The van der Waals surface area contributed by atoms with Crippen LogP contribution in [0.1, 0.15) is 17.5 Å². The van der Waals surface area contributed by atoms with Crippen molar-refractivity contribution in [2.24, 2.45) is 0 Å². The number of hydrogen-bond donors (Lipinski definition) is 2. The fourth-order valence-corrected chi connectivity index (χ4v) is 2.62. The van der Waals surface area contributed by atoms with E-state index in [1.54, 1.807) is 0 Å². The SMILES string of the molecule is Cc1cccc(C)c1N1CC(=O)NC(CC(=O)O)C1. The highest BCUT2D eigenvalue weighted by Crippen LogP contribution is 2.25. The first kappa shape index (κ1) is 13.4. The summed E-state index contributed by atoms with van der Waals surface area (Å²) in [5, 5.41) is 11.6. The molecular weight excluding hydrogens is 244 g/mol. The highest BCUT2D eigenvalue weighted by atomic mass is 16.4. The third-order valence-electron chi connectivity index (χ3n) is 3.32. The minimum absolute atomic E-state index is 0.0484. The Bertz CT molecular complexity index is 491. The van der Waals surface area contributed by atoms with Crippen molar-refractivity contribution < 1.29 is 14.7 Å². The third-order valence-corrected chi connectivity index (χ3v) is 3.32. The fraction of sp³-hybridized carbons (Fsp3) is 0.429. The number of para-hydroxylation sites is 1. The van der Waals surface area contributed by atoms with Crippen LogP contribution in [-0.4, -0.2) is 36.1 Å². The summed E-state index contributed by atoms with van der Waals surface area (Å²) in [6.45, 7) is 4.81. The zero-order chi connectivity index (χ0) is 14.0. The first-order valence-electron chi connectivity index (χ1n) is 6.29. The van der Waals surface area contributed by atoms with Gasteiger partial charge in [-0.25, -0.2) is 0 Å². The molecule has 0 aliphatic carbocycles. The molecule has 1 heterocycles. The van der Waals surface area contributed by atoms with Crippen LogP contribution in [0.25, 0.3) is 0 Å². The van der Waals surface area contributed by atoms with Crippen molar-refractivity contribution in [3.8, 4) is 0 Å². The standard InChI is InChI=1S/C14H18N2O3/c1-9-4-3-5-10(2)14(9)16-7-11(6-13(18)19)15-12(17)8-16/h3-5,11H,6-8H2,1-2H3,(H,15,17)(H,18,19). The number of nitrogens with zero attached hydrogens (tertiary/aromatic N) is 1. The molecule has 1 amide bonds. The molecular formula is C14H18N2O3. The second kappa shape index (κ2) is 5.30. The largest absolute Gasteiger partial charge is 0.481 e. The summed E-state index contributed by atoms with van der Waals surface area (Å²) in [6, 6.07) is 5.65. The molecule has 1 unspecified atom stereocenters. The van der Waals surface area contributed by atoms with Gasteiger partial charge in [-0.1, -0.05) is 18.2 Å². The number of hydrogen-bond acceptors (Lipinski definition) is 3. The van der Waals surface area contributed by atoms with Gasteiger partial charge in [-0.05, 0) is 25.0 Å². The van der Waals surface area contributed by atoms with Crippen molar-refractivity contribution in [2.75, 3.05) is 18.0 Å². The molecule has 1 aromatic carbocycles. The van der Waals surface area contributed by atoms with Gasteiger partial charge in [0, 0.05) is 12.2 Å². The Morgan fingerprint density at radius 3 is 2.63 bits per heavy atom. The lowest BCUT2D eigenvalue weighted by Crippen LogP contribution is -2.55. The van der Waals surface area contributed by atoms with Crippen LogP contribution in [0.15, 0.2) is 18.2 Å². The summed E-state index contributed by atoms with van der Waals surface area (Å²) < 4.78 is 0. The van der Waals surface area contributed by atoms with E-state index in [1.807, 2.05) is 36.9 Å². The monoisotopic (exact) mass is 262 g/mol. The van der Waals surface area contributed by atoms with Gasteiger partial charge in [0.1, 0.15) is 0 Å². The van der Waals surface area contributed by atoms with E-state index in [1.165, 1.54) is 0 Å². The lowest BCUT2D eigenvalue weighted by molar-refractivity contribution is -0.137. The number of piperazine rings is 1. The van der Waals surface area contributed by atoms with Crippen LogP contribution in [0.5, 0.6) is 0 Å². The second-order valence-electron chi connectivity index (χ2n) is 4.98. The Morgan fingerprint density at radius 1 is 1.42 bits per heavy atom. The molecule has 1 aliphatic heterocycles. The van der Waals surface area contributed by atoms with E-state index in [4.69, 9.17) is 5.11 Å².